The van der Waals surface area contributed by atoms with E-state index in [0.717, 1.165) is 30.2 Å². The van der Waals surface area contributed by atoms with Crippen LogP contribution in [-0.4, -0.2) is 24.1 Å². The molecule has 1 aromatic carbocycles. The molecule has 1 amide bonds. The maximum absolute atomic E-state index is 12.1. The second kappa shape index (κ2) is 8.61. The van der Waals surface area contributed by atoms with Gasteiger partial charge in [0.15, 0.2) is 6.10 Å². The number of hydrogen-bond donors (Lipinski definition) is 2. The van der Waals surface area contributed by atoms with Crippen molar-refractivity contribution in [3.05, 3.63) is 28.7 Å². The van der Waals surface area contributed by atoms with Crippen molar-refractivity contribution >= 4 is 34.2 Å². The smallest absolute Gasteiger partial charge is 0.260 e. The van der Waals surface area contributed by atoms with E-state index in [-0.39, 0.29) is 24.4 Å². The van der Waals surface area contributed by atoms with Crippen LogP contribution in [0.1, 0.15) is 32.6 Å². The van der Waals surface area contributed by atoms with Gasteiger partial charge < -0.3 is 15.8 Å². The molecule has 0 bridgehead atoms. The molecule has 4 nitrogen and oxygen atoms in total. The molecule has 3 N–H and O–H groups in total. The SMILES string of the molecule is CC(Oc1cccc(Br)c1)C(=O)NC1CCC(N)CC1.Cl. The van der Waals surface area contributed by atoms with E-state index in [4.69, 9.17) is 10.5 Å². The maximum atomic E-state index is 12.1. The van der Waals surface area contributed by atoms with Gasteiger partial charge in [-0.1, -0.05) is 22.0 Å². The molecular formula is C15H22BrClN2O2. The fourth-order valence-electron chi connectivity index (χ4n) is 2.38. The lowest BCUT2D eigenvalue weighted by molar-refractivity contribution is -0.128. The van der Waals surface area contributed by atoms with Gasteiger partial charge in [0.2, 0.25) is 0 Å². The number of carbonyl (C=O) groups is 1. The molecule has 1 fully saturated rings. The third-order valence-corrected chi connectivity index (χ3v) is 4.09. The fourth-order valence-corrected chi connectivity index (χ4v) is 2.76. The highest BCUT2D eigenvalue weighted by Gasteiger charge is 2.23. The van der Waals surface area contributed by atoms with Crippen LogP contribution in [0.3, 0.4) is 0 Å². The van der Waals surface area contributed by atoms with E-state index in [2.05, 4.69) is 21.2 Å². The van der Waals surface area contributed by atoms with E-state index < -0.39 is 6.10 Å². The van der Waals surface area contributed by atoms with Crippen LogP contribution in [0.15, 0.2) is 28.7 Å². The molecular weight excluding hydrogens is 356 g/mol. The standard InChI is InChI=1S/C15H21BrN2O2.ClH/c1-10(20-14-4-2-3-11(16)9-14)15(19)18-13-7-5-12(17)6-8-13;/h2-4,9-10,12-13H,5-8,17H2,1H3,(H,18,19);1H. The lowest BCUT2D eigenvalue weighted by atomic mass is 9.92. The monoisotopic (exact) mass is 376 g/mol. The second-order valence-electron chi connectivity index (χ2n) is 5.34. The predicted molar refractivity (Wildman–Crippen MR) is 89.9 cm³/mol. The molecule has 118 valence electrons. The number of nitrogens with two attached hydrogens (primary N) is 1. The largest absolute Gasteiger partial charge is 0.481 e. The van der Waals surface area contributed by atoms with Crippen LogP contribution >= 0.6 is 28.3 Å². The van der Waals surface area contributed by atoms with Crippen LogP contribution in [0.5, 0.6) is 5.75 Å². The Bertz CT molecular complexity index is 465. The molecule has 2 rings (SSSR count). The average Bonchev–Trinajstić information content (AvgIpc) is 2.41. The number of carbonyl (C=O) groups excluding carboxylic acids is 1. The van der Waals surface area contributed by atoms with Crippen molar-refractivity contribution in [1.29, 1.82) is 0 Å². The van der Waals surface area contributed by atoms with E-state index in [0.29, 0.717) is 11.8 Å². The van der Waals surface area contributed by atoms with Gasteiger partial charge in [-0.15, -0.1) is 12.4 Å². The van der Waals surface area contributed by atoms with Gasteiger partial charge in [0.05, 0.1) is 0 Å². The molecule has 0 radical (unpaired) electrons. The third kappa shape index (κ3) is 5.85. The van der Waals surface area contributed by atoms with E-state index in [1.807, 2.05) is 24.3 Å². The Morgan fingerprint density at radius 3 is 2.67 bits per heavy atom. The topological polar surface area (TPSA) is 64.3 Å². The van der Waals surface area contributed by atoms with Gasteiger partial charge in [0, 0.05) is 16.6 Å². The Morgan fingerprint density at radius 1 is 1.38 bits per heavy atom. The van der Waals surface area contributed by atoms with Crippen LogP contribution in [-0.2, 0) is 4.79 Å². The van der Waals surface area contributed by atoms with E-state index >= 15 is 0 Å². The number of amides is 1. The Morgan fingerprint density at radius 2 is 2.05 bits per heavy atom. The van der Waals surface area contributed by atoms with Gasteiger partial charge in [-0.25, -0.2) is 0 Å². The molecule has 0 aromatic heterocycles. The lowest BCUT2D eigenvalue weighted by Crippen LogP contribution is -2.45. The van der Waals surface area contributed by atoms with Crippen LogP contribution in [0.2, 0.25) is 0 Å². The first-order valence-electron chi connectivity index (χ1n) is 7.03. The Kier molecular flexibility index (Phi) is 7.49. The highest BCUT2D eigenvalue weighted by Crippen LogP contribution is 2.20. The predicted octanol–water partition coefficient (Wildman–Crippen LogP) is 3.02. The summed E-state index contributed by atoms with van der Waals surface area (Å²) in [7, 11) is 0. The molecule has 1 atom stereocenters. The number of halogens is 2. The highest BCUT2D eigenvalue weighted by atomic mass is 79.9. The first-order valence-corrected chi connectivity index (χ1v) is 7.82. The molecule has 0 spiro atoms. The lowest BCUT2D eigenvalue weighted by Gasteiger charge is -2.27. The summed E-state index contributed by atoms with van der Waals surface area (Å²) in [5.74, 6) is 0.623. The van der Waals surface area contributed by atoms with Gasteiger partial charge in [0.25, 0.3) is 5.91 Å². The summed E-state index contributed by atoms with van der Waals surface area (Å²) < 4.78 is 6.59. The molecule has 1 aromatic rings. The Balaban J connectivity index is 0.00000220. The summed E-state index contributed by atoms with van der Waals surface area (Å²) in [5, 5.41) is 3.04. The van der Waals surface area contributed by atoms with Gasteiger partial charge in [-0.2, -0.15) is 0 Å². The van der Waals surface area contributed by atoms with Crippen molar-refractivity contribution in [2.45, 2.75) is 50.8 Å². The quantitative estimate of drug-likeness (QED) is 0.847. The maximum Gasteiger partial charge on any atom is 0.260 e. The van der Waals surface area contributed by atoms with Gasteiger partial charge >= 0.3 is 0 Å². The van der Waals surface area contributed by atoms with Crippen LogP contribution in [0, 0.1) is 0 Å². The van der Waals surface area contributed by atoms with E-state index in [9.17, 15) is 4.79 Å². The van der Waals surface area contributed by atoms with E-state index in [1.165, 1.54) is 0 Å². The van der Waals surface area contributed by atoms with Crippen molar-refractivity contribution in [3.8, 4) is 5.75 Å². The minimum atomic E-state index is -0.500. The molecule has 1 unspecified atom stereocenters. The number of hydrogen-bond acceptors (Lipinski definition) is 3. The number of rotatable bonds is 4. The average molecular weight is 378 g/mol. The van der Waals surface area contributed by atoms with Crippen molar-refractivity contribution in [1.82, 2.24) is 5.32 Å². The molecule has 1 saturated carbocycles. The van der Waals surface area contributed by atoms with Crippen LogP contribution < -0.4 is 15.8 Å². The number of ether oxygens (including phenoxy) is 1. The molecule has 6 heteroatoms. The summed E-state index contributed by atoms with van der Waals surface area (Å²) in [6.07, 6.45) is 3.37. The zero-order chi connectivity index (χ0) is 14.5. The van der Waals surface area contributed by atoms with Crippen LogP contribution in [0.4, 0.5) is 0 Å². The Hall–Kier alpha value is -0.780. The zero-order valence-corrected chi connectivity index (χ0v) is 14.5. The first-order chi connectivity index (χ1) is 9.54. The van der Waals surface area contributed by atoms with Crippen molar-refractivity contribution in [2.24, 2.45) is 5.73 Å². The summed E-state index contributed by atoms with van der Waals surface area (Å²) in [6, 6.07) is 8.02. The molecule has 0 saturated heterocycles. The third-order valence-electron chi connectivity index (χ3n) is 3.60. The van der Waals surface area contributed by atoms with Gasteiger partial charge in [-0.3, -0.25) is 4.79 Å². The zero-order valence-electron chi connectivity index (χ0n) is 12.0. The summed E-state index contributed by atoms with van der Waals surface area (Å²) in [5.41, 5.74) is 5.86. The van der Waals surface area contributed by atoms with Crippen molar-refractivity contribution in [3.63, 3.8) is 0 Å². The summed E-state index contributed by atoms with van der Waals surface area (Å²) in [6.45, 7) is 1.77. The second-order valence-corrected chi connectivity index (χ2v) is 6.25. The minimum absolute atomic E-state index is 0. The van der Waals surface area contributed by atoms with E-state index in [1.54, 1.807) is 6.92 Å². The highest BCUT2D eigenvalue weighted by molar-refractivity contribution is 9.10. The van der Waals surface area contributed by atoms with Crippen molar-refractivity contribution in [2.75, 3.05) is 0 Å². The molecule has 0 aliphatic heterocycles. The fraction of sp³-hybridized carbons (Fsp3) is 0.533. The summed E-state index contributed by atoms with van der Waals surface area (Å²) in [4.78, 5) is 12.1. The molecule has 0 heterocycles. The molecule has 1 aliphatic carbocycles. The normalized spacial score (nSPS) is 22.8. The number of nitrogens with one attached hydrogen (secondary N) is 1. The first kappa shape index (κ1) is 18.3. The Labute approximate surface area is 140 Å². The van der Waals surface area contributed by atoms with Gasteiger partial charge in [0.1, 0.15) is 5.75 Å². The number of benzene rings is 1. The summed E-state index contributed by atoms with van der Waals surface area (Å²) >= 11 is 3.38. The minimum Gasteiger partial charge on any atom is -0.481 e. The van der Waals surface area contributed by atoms with Crippen molar-refractivity contribution < 1.29 is 9.53 Å². The van der Waals surface area contributed by atoms with Gasteiger partial charge in [-0.05, 0) is 50.8 Å². The van der Waals surface area contributed by atoms with Crippen LogP contribution in [0.25, 0.3) is 0 Å². The molecule has 21 heavy (non-hydrogen) atoms. The molecule has 1 aliphatic rings.